The fourth-order valence-corrected chi connectivity index (χ4v) is 1.64. The highest BCUT2D eigenvalue weighted by Crippen LogP contribution is 2.15. The minimum Gasteiger partial charge on any atom is -0.334 e. The van der Waals surface area contributed by atoms with E-state index in [-0.39, 0.29) is 5.82 Å². The summed E-state index contributed by atoms with van der Waals surface area (Å²) in [6.45, 7) is 0. The number of rotatable bonds is 1. The normalized spacial score (nSPS) is 10.6. The van der Waals surface area contributed by atoms with E-state index in [0.717, 1.165) is 14.6 Å². The van der Waals surface area contributed by atoms with Gasteiger partial charge >= 0.3 is 0 Å². The van der Waals surface area contributed by atoms with Crippen LogP contribution >= 0.6 is 34.2 Å². The van der Waals surface area contributed by atoms with Crippen LogP contribution < -0.4 is 0 Å². The van der Waals surface area contributed by atoms with Gasteiger partial charge in [0.25, 0.3) is 5.24 Å². The zero-order valence-corrected chi connectivity index (χ0v) is 9.26. The van der Waals surface area contributed by atoms with Crippen molar-refractivity contribution < 1.29 is 4.79 Å². The van der Waals surface area contributed by atoms with E-state index in [0.29, 0.717) is 0 Å². The van der Waals surface area contributed by atoms with E-state index in [1.54, 1.807) is 0 Å². The SMILES string of the molecule is O=C(Cl)c1nc2cc(I)ccc2[nH]1. The van der Waals surface area contributed by atoms with E-state index >= 15 is 0 Å². The molecule has 0 aliphatic carbocycles. The van der Waals surface area contributed by atoms with Gasteiger partial charge in [-0.15, -0.1) is 0 Å². The molecule has 5 heteroatoms. The summed E-state index contributed by atoms with van der Waals surface area (Å²) in [5, 5.41) is -0.564. The van der Waals surface area contributed by atoms with E-state index in [9.17, 15) is 4.79 Å². The number of aromatic amines is 1. The third-order valence-electron chi connectivity index (χ3n) is 1.63. The van der Waals surface area contributed by atoms with Crippen molar-refractivity contribution in [1.29, 1.82) is 0 Å². The Labute approximate surface area is 92.6 Å². The van der Waals surface area contributed by atoms with Crippen LogP contribution in [0.25, 0.3) is 11.0 Å². The Kier molecular flexibility index (Phi) is 2.25. The van der Waals surface area contributed by atoms with Crippen molar-refractivity contribution >= 4 is 50.5 Å². The van der Waals surface area contributed by atoms with Gasteiger partial charge in [-0.3, -0.25) is 4.79 Å². The zero-order chi connectivity index (χ0) is 9.42. The summed E-state index contributed by atoms with van der Waals surface area (Å²) in [5.41, 5.74) is 1.58. The van der Waals surface area contributed by atoms with Crippen LogP contribution in [0.2, 0.25) is 0 Å². The lowest BCUT2D eigenvalue weighted by Crippen LogP contribution is -1.89. The van der Waals surface area contributed by atoms with E-state index < -0.39 is 5.24 Å². The number of aromatic nitrogens is 2. The zero-order valence-electron chi connectivity index (χ0n) is 6.34. The maximum absolute atomic E-state index is 10.8. The van der Waals surface area contributed by atoms with Gasteiger partial charge in [-0.25, -0.2) is 4.98 Å². The predicted molar refractivity (Wildman–Crippen MR) is 59.0 cm³/mol. The van der Waals surface area contributed by atoms with Gasteiger partial charge in [-0.05, 0) is 52.4 Å². The Morgan fingerprint density at radius 2 is 2.31 bits per heavy atom. The van der Waals surface area contributed by atoms with Gasteiger partial charge in [0.1, 0.15) is 0 Å². The number of H-pyrrole nitrogens is 1. The molecule has 0 aliphatic heterocycles. The van der Waals surface area contributed by atoms with Crippen LogP contribution in [0.3, 0.4) is 0 Å². The molecule has 3 nitrogen and oxygen atoms in total. The number of hydrogen-bond donors (Lipinski definition) is 1. The Morgan fingerprint density at radius 1 is 1.54 bits per heavy atom. The summed E-state index contributed by atoms with van der Waals surface area (Å²) in [5.74, 6) is 0.193. The predicted octanol–water partition coefficient (Wildman–Crippen LogP) is 2.55. The number of carbonyl (C=O) groups excluding carboxylic acids is 1. The highest BCUT2D eigenvalue weighted by molar-refractivity contribution is 14.1. The van der Waals surface area contributed by atoms with Gasteiger partial charge in [0, 0.05) is 3.57 Å². The Balaban J connectivity index is 2.68. The maximum Gasteiger partial charge on any atom is 0.287 e. The third kappa shape index (κ3) is 1.68. The average molecular weight is 306 g/mol. The second-order valence-corrected chi connectivity index (χ2v) is 4.11. The lowest BCUT2D eigenvalue weighted by atomic mass is 10.3. The molecule has 13 heavy (non-hydrogen) atoms. The molecule has 1 aromatic carbocycles. The highest BCUT2D eigenvalue weighted by atomic mass is 127. The Bertz CT molecular complexity index is 480. The maximum atomic E-state index is 10.8. The molecule has 2 aromatic rings. The van der Waals surface area contributed by atoms with Crippen LogP contribution in [0, 0.1) is 3.57 Å². The van der Waals surface area contributed by atoms with Gasteiger partial charge in [0.2, 0.25) is 0 Å². The van der Waals surface area contributed by atoms with Crippen molar-refractivity contribution in [2.45, 2.75) is 0 Å². The molecule has 2 rings (SSSR count). The summed E-state index contributed by atoms with van der Waals surface area (Å²) in [6.07, 6.45) is 0. The molecule has 0 bridgehead atoms. The molecule has 1 heterocycles. The molecule has 0 radical (unpaired) electrons. The smallest absolute Gasteiger partial charge is 0.287 e. The molecule has 0 aliphatic rings. The first-order chi connectivity index (χ1) is 6.16. The highest BCUT2D eigenvalue weighted by Gasteiger charge is 2.07. The van der Waals surface area contributed by atoms with Crippen LogP contribution in [-0.4, -0.2) is 15.2 Å². The van der Waals surface area contributed by atoms with Crippen molar-refractivity contribution in [3.8, 4) is 0 Å². The third-order valence-corrected chi connectivity index (χ3v) is 2.48. The fourth-order valence-electron chi connectivity index (χ4n) is 1.07. The van der Waals surface area contributed by atoms with Crippen LogP contribution in [0.4, 0.5) is 0 Å². The minimum absolute atomic E-state index is 0.193. The van der Waals surface area contributed by atoms with Crippen LogP contribution in [0.1, 0.15) is 10.6 Å². The molecule has 0 spiro atoms. The van der Waals surface area contributed by atoms with Gasteiger partial charge in [-0.1, -0.05) is 0 Å². The van der Waals surface area contributed by atoms with Crippen LogP contribution in [-0.2, 0) is 0 Å². The standard InChI is InChI=1S/C8H4ClIN2O/c9-7(13)8-11-5-2-1-4(10)3-6(5)12-8/h1-3H,(H,11,12). The summed E-state index contributed by atoms with van der Waals surface area (Å²) < 4.78 is 1.07. The topological polar surface area (TPSA) is 45.8 Å². The number of carbonyl (C=O) groups is 1. The van der Waals surface area contributed by atoms with E-state index in [1.807, 2.05) is 18.2 Å². The number of hydrogen-bond acceptors (Lipinski definition) is 2. The van der Waals surface area contributed by atoms with Crippen molar-refractivity contribution in [2.75, 3.05) is 0 Å². The summed E-state index contributed by atoms with van der Waals surface area (Å²) in [4.78, 5) is 17.6. The summed E-state index contributed by atoms with van der Waals surface area (Å²) in [7, 11) is 0. The first kappa shape index (κ1) is 8.96. The van der Waals surface area contributed by atoms with Crippen molar-refractivity contribution in [3.05, 3.63) is 27.6 Å². The van der Waals surface area contributed by atoms with Crippen molar-refractivity contribution in [2.24, 2.45) is 0 Å². The number of halogens is 2. The number of fused-ring (bicyclic) bond motifs is 1. The number of benzene rings is 1. The van der Waals surface area contributed by atoms with Crippen LogP contribution in [0.5, 0.6) is 0 Å². The molecular weight excluding hydrogens is 302 g/mol. The summed E-state index contributed by atoms with van der Waals surface area (Å²) >= 11 is 7.46. The van der Waals surface area contributed by atoms with Gasteiger partial charge in [0.05, 0.1) is 11.0 Å². The molecule has 0 unspecified atom stereocenters. The lowest BCUT2D eigenvalue weighted by Gasteiger charge is -1.87. The van der Waals surface area contributed by atoms with Crippen molar-refractivity contribution in [1.82, 2.24) is 9.97 Å². The van der Waals surface area contributed by atoms with Crippen LogP contribution in [0.15, 0.2) is 18.2 Å². The van der Waals surface area contributed by atoms with E-state index in [2.05, 4.69) is 32.6 Å². The quantitative estimate of drug-likeness (QED) is 0.650. The molecule has 0 fully saturated rings. The fraction of sp³-hybridized carbons (Fsp3) is 0. The van der Waals surface area contributed by atoms with E-state index in [4.69, 9.17) is 11.6 Å². The van der Waals surface area contributed by atoms with Gasteiger partial charge < -0.3 is 4.98 Å². The molecule has 0 saturated carbocycles. The first-order valence-corrected chi connectivity index (χ1v) is 4.97. The second-order valence-electron chi connectivity index (χ2n) is 2.52. The lowest BCUT2D eigenvalue weighted by molar-refractivity contribution is 0.107. The van der Waals surface area contributed by atoms with Gasteiger partial charge in [-0.2, -0.15) is 0 Å². The Hall–Kier alpha value is -0.620. The Morgan fingerprint density at radius 3 is 3.00 bits per heavy atom. The number of nitrogens with one attached hydrogen (secondary N) is 1. The second kappa shape index (κ2) is 3.26. The molecule has 1 aromatic heterocycles. The molecule has 0 saturated heterocycles. The minimum atomic E-state index is -0.564. The molecule has 0 atom stereocenters. The molecule has 1 N–H and O–H groups in total. The summed E-state index contributed by atoms with van der Waals surface area (Å²) in [6, 6.07) is 5.69. The van der Waals surface area contributed by atoms with Gasteiger partial charge in [0.15, 0.2) is 5.82 Å². The number of nitrogens with zero attached hydrogens (tertiary/aromatic N) is 1. The first-order valence-electron chi connectivity index (χ1n) is 3.52. The molecule has 66 valence electrons. The largest absolute Gasteiger partial charge is 0.334 e. The molecule has 0 amide bonds. The monoisotopic (exact) mass is 306 g/mol. The van der Waals surface area contributed by atoms with Crippen molar-refractivity contribution in [3.63, 3.8) is 0 Å². The average Bonchev–Trinajstić information content (AvgIpc) is 2.46. The van der Waals surface area contributed by atoms with E-state index in [1.165, 1.54) is 0 Å². The molecular formula is C8H4ClIN2O. The number of imidazole rings is 1.